The van der Waals surface area contributed by atoms with Crippen molar-refractivity contribution >= 4 is 35.6 Å². The minimum atomic E-state index is 0. The van der Waals surface area contributed by atoms with Gasteiger partial charge in [-0.1, -0.05) is 19.1 Å². The first kappa shape index (κ1) is 24.0. The predicted octanol–water partition coefficient (Wildman–Crippen LogP) is 3.34. The Morgan fingerprint density at radius 2 is 1.81 bits per heavy atom. The number of nitrogens with zero attached hydrogens (tertiary/aromatic N) is 3. The normalized spacial score (nSPS) is 15.9. The number of anilines is 1. The lowest BCUT2D eigenvalue weighted by Crippen LogP contribution is -2.48. The monoisotopic (exact) mass is 487 g/mol. The number of halogens is 1. The van der Waals surface area contributed by atoms with Crippen LogP contribution in [-0.4, -0.2) is 63.7 Å². The number of nitrogens with one attached hydrogen (secondary N) is 2. The lowest BCUT2D eigenvalue weighted by molar-refractivity contribution is 0.206. The maximum atomic E-state index is 4.79. The molecule has 1 aliphatic heterocycles. The smallest absolute Gasteiger partial charge is 0.191 e. The number of rotatable bonds is 8. The van der Waals surface area contributed by atoms with Crippen LogP contribution in [0.4, 0.5) is 5.69 Å². The van der Waals surface area contributed by atoms with Crippen molar-refractivity contribution in [2.45, 2.75) is 45.6 Å². The van der Waals surface area contributed by atoms with Crippen LogP contribution >= 0.6 is 24.0 Å². The zero-order valence-electron chi connectivity index (χ0n) is 17.5. The molecule has 0 aliphatic carbocycles. The summed E-state index contributed by atoms with van der Waals surface area (Å²) in [4.78, 5) is 9.48. The molecule has 154 valence electrons. The molecule has 2 rings (SSSR count). The lowest BCUT2D eigenvalue weighted by atomic mass is 10.1. The van der Waals surface area contributed by atoms with Crippen LogP contribution in [0.15, 0.2) is 29.3 Å². The zero-order chi connectivity index (χ0) is 18.8. The molecule has 0 unspecified atom stereocenters. The van der Waals surface area contributed by atoms with Crippen LogP contribution in [0, 0.1) is 0 Å². The largest absolute Gasteiger partial charge is 0.378 e. The van der Waals surface area contributed by atoms with E-state index in [0.717, 1.165) is 25.5 Å². The van der Waals surface area contributed by atoms with Crippen molar-refractivity contribution in [3.63, 3.8) is 0 Å². The Morgan fingerprint density at radius 1 is 1.15 bits per heavy atom. The van der Waals surface area contributed by atoms with Gasteiger partial charge >= 0.3 is 0 Å². The molecule has 1 aromatic carbocycles. The molecule has 0 bridgehead atoms. The highest BCUT2D eigenvalue weighted by Gasteiger charge is 2.19. The van der Waals surface area contributed by atoms with Gasteiger partial charge in [-0.15, -0.1) is 24.0 Å². The Labute approximate surface area is 183 Å². The molecule has 0 radical (unpaired) electrons. The Morgan fingerprint density at radius 3 is 2.37 bits per heavy atom. The van der Waals surface area contributed by atoms with Crippen molar-refractivity contribution in [3.8, 4) is 0 Å². The van der Waals surface area contributed by atoms with Gasteiger partial charge in [-0.3, -0.25) is 4.99 Å². The average molecular weight is 487 g/mol. The molecule has 0 amide bonds. The molecule has 2 N–H and O–H groups in total. The number of guanidine groups is 1. The molecule has 1 heterocycles. The first-order chi connectivity index (χ1) is 12.6. The van der Waals surface area contributed by atoms with Gasteiger partial charge in [0.25, 0.3) is 0 Å². The highest BCUT2D eigenvalue weighted by Crippen LogP contribution is 2.13. The van der Waals surface area contributed by atoms with Crippen LogP contribution in [0.1, 0.15) is 38.7 Å². The second-order valence-corrected chi connectivity index (χ2v) is 7.33. The van der Waals surface area contributed by atoms with Crippen LogP contribution in [0.5, 0.6) is 0 Å². The van der Waals surface area contributed by atoms with Crippen LogP contribution in [-0.2, 0) is 6.42 Å². The van der Waals surface area contributed by atoms with E-state index in [9.17, 15) is 0 Å². The van der Waals surface area contributed by atoms with E-state index in [1.54, 1.807) is 0 Å². The number of likely N-dealkylation sites (tertiary alicyclic amines) is 1. The Kier molecular flexibility index (Phi) is 11.7. The van der Waals surface area contributed by atoms with Crippen molar-refractivity contribution in [3.05, 3.63) is 29.8 Å². The second kappa shape index (κ2) is 13.2. The van der Waals surface area contributed by atoms with Gasteiger partial charge in [0.15, 0.2) is 5.96 Å². The average Bonchev–Trinajstić information content (AvgIpc) is 2.64. The minimum Gasteiger partial charge on any atom is -0.378 e. The van der Waals surface area contributed by atoms with Gasteiger partial charge in [-0.2, -0.15) is 0 Å². The number of piperidine rings is 1. The third-order valence-corrected chi connectivity index (χ3v) is 4.94. The van der Waals surface area contributed by atoms with Crippen LogP contribution in [0.3, 0.4) is 0 Å². The molecular weight excluding hydrogens is 449 g/mol. The third kappa shape index (κ3) is 8.68. The fourth-order valence-corrected chi connectivity index (χ4v) is 3.39. The molecular formula is C21H38IN5. The minimum absolute atomic E-state index is 0. The Balaban J connectivity index is 0.00000364. The van der Waals surface area contributed by atoms with Crippen LogP contribution in [0.25, 0.3) is 0 Å². The zero-order valence-corrected chi connectivity index (χ0v) is 19.8. The molecule has 1 aromatic rings. The summed E-state index contributed by atoms with van der Waals surface area (Å²) in [5, 5.41) is 7.03. The summed E-state index contributed by atoms with van der Waals surface area (Å²) in [5.74, 6) is 0.964. The van der Waals surface area contributed by atoms with Gasteiger partial charge in [0.2, 0.25) is 0 Å². The number of benzene rings is 1. The summed E-state index contributed by atoms with van der Waals surface area (Å²) in [6.45, 7) is 9.72. The molecule has 27 heavy (non-hydrogen) atoms. The summed E-state index contributed by atoms with van der Waals surface area (Å²) in [6, 6.07) is 9.29. The van der Waals surface area contributed by atoms with Crippen molar-refractivity contribution in [1.29, 1.82) is 0 Å². The molecule has 5 nitrogen and oxygen atoms in total. The Hall–Kier alpha value is -1.02. The molecule has 0 saturated carbocycles. The standard InChI is InChI=1S/C21H37N5.HI/c1-5-15-26-16-12-19(13-17-26)24-21(22-6-2)23-14-11-18-7-9-20(10-8-18)25(3)4;/h7-10,19H,5-6,11-17H2,1-4H3,(H2,22,23,24);1H. The SMILES string of the molecule is CCCN1CCC(NC(=NCCc2ccc(N(C)C)cc2)NCC)CC1.I. The lowest BCUT2D eigenvalue weighted by Gasteiger charge is -2.32. The highest BCUT2D eigenvalue weighted by atomic mass is 127. The Bertz CT molecular complexity index is 536. The van der Waals surface area contributed by atoms with E-state index in [2.05, 4.69) is 72.6 Å². The van der Waals surface area contributed by atoms with Crippen molar-refractivity contribution in [2.24, 2.45) is 4.99 Å². The maximum Gasteiger partial charge on any atom is 0.191 e. The topological polar surface area (TPSA) is 42.9 Å². The molecule has 1 aliphatic rings. The fraction of sp³-hybridized carbons (Fsp3) is 0.667. The molecule has 6 heteroatoms. The molecule has 1 fully saturated rings. The van der Waals surface area contributed by atoms with E-state index in [0.29, 0.717) is 6.04 Å². The number of aliphatic imine (C=N–C) groups is 1. The predicted molar refractivity (Wildman–Crippen MR) is 129 cm³/mol. The van der Waals surface area contributed by atoms with Crippen molar-refractivity contribution < 1.29 is 0 Å². The van der Waals surface area contributed by atoms with E-state index in [-0.39, 0.29) is 24.0 Å². The summed E-state index contributed by atoms with van der Waals surface area (Å²) >= 11 is 0. The van der Waals surface area contributed by atoms with Gasteiger partial charge in [0.05, 0.1) is 0 Å². The van der Waals surface area contributed by atoms with Gasteiger partial charge in [-0.25, -0.2) is 0 Å². The van der Waals surface area contributed by atoms with Gasteiger partial charge in [0, 0.05) is 52.0 Å². The van der Waals surface area contributed by atoms with E-state index in [4.69, 9.17) is 4.99 Å². The van der Waals surface area contributed by atoms with Crippen molar-refractivity contribution in [2.75, 3.05) is 51.7 Å². The van der Waals surface area contributed by atoms with Gasteiger partial charge in [-0.05, 0) is 56.8 Å². The second-order valence-electron chi connectivity index (χ2n) is 7.33. The van der Waals surface area contributed by atoms with E-state index in [1.807, 2.05) is 0 Å². The van der Waals surface area contributed by atoms with Crippen LogP contribution in [0.2, 0.25) is 0 Å². The van der Waals surface area contributed by atoms with Gasteiger partial charge < -0.3 is 20.4 Å². The van der Waals surface area contributed by atoms with E-state index in [1.165, 1.54) is 50.1 Å². The summed E-state index contributed by atoms with van der Waals surface area (Å²) < 4.78 is 0. The summed E-state index contributed by atoms with van der Waals surface area (Å²) in [5.41, 5.74) is 2.57. The van der Waals surface area contributed by atoms with Gasteiger partial charge in [0.1, 0.15) is 0 Å². The molecule has 0 spiro atoms. The molecule has 1 saturated heterocycles. The van der Waals surface area contributed by atoms with Crippen LogP contribution < -0.4 is 15.5 Å². The number of hydrogen-bond acceptors (Lipinski definition) is 3. The van der Waals surface area contributed by atoms with Crippen molar-refractivity contribution in [1.82, 2.24) is 15.5 Å². The molecule has 0 atom stereocenters. The first-order valence-electron chi connectivity index (χ1n) is 10.2. The fourth-order valence-electron chi connectivity index (χ4n) is 3.39. The summed E-state index contributed by atoms with van der Waals surface area (Å²) in [7, 11) is 4.14. The maximum absolute atomic E-state index is 4.79. The number of hydrogen-bond donors (Lipinski definition) is 2. The quantitative estimate of drug-likeness (QED) is 0.336. The highest BCUT2D eigenvalue weighted by molar-refractivity contribution is 14.0. The van der Waals surface area contributed by atoms with E-state index >= 15 is 0 Å². The first-order valence-corrected chi connectivity index (χ1v) is 10.2. The summed E-state index contributed by atoms with van der Waals surface area (Å²) in [6.07, 6.45) is 4.63. The third-order valence-electron chi connectivity index (χ3n) is 4.94. The van der Waals surface area contributed by atoms with E-state index < -0.39 is 0 Å². The molecule has 0 aromatic heterocycles.